The Morgan fingerprint density at radius 2 is 2.27 bits per heavy atom. The first kappa shape index (κ1) is 9.86. The number of benzene rings is 1. The Labute approximate surface area is 87.4 Å². The molecule has 0 saturated carbocycles. The predicted molar refractivity (Wildman–Crippen MR) is 57.6 cm³/mol. The molecule has 0 aromatic heterocycles. The van der Waals surface area contributed by atoms with Gasteiger partial charge in [0, 0.05) is 12.1 Å². The summed E-state index contributed by atoms with van der Waals surface area (Å²) in [7, 11) is 0. The van der Waals surface area contributed by atoms with E-state index in [0.717, 1.165) is 11.3 Å². The Morgan fingerprint density at radius 1 is 1.53 bits per heavy atom. The Kier molecular flexibility index (Phi) is 2.51. The molecule has 1 aromatic rings. The number of fused-ring (bicyclic) bond motifs is 1. The summed E-state index contributed by atoms with van der Waals surface area (Å²) in [6.45, 7) is 0. The monoisotopic (exact) mass is 204 g/mol. The zero-order valence-corrected chi connectivity index (χ0v) is 8.13. The molecule has 1 aromatic carbocycles. The SMILES string of the molecule is N[C@@H](C[C@@H]1C=Nc2ccccc21)C(=O)O. The number of nitrogens with zero attached hydrogens (tertiary/aromatic N) is 1. The maximum Gasteiger partial charge on any atom is 0.320 e. The number of nitrogens with two attached hydrogens (primary N) is 1. The van der Waals surface area contributed by atoms with E-state index in [1.807, 2.05) is 24.3 Å². The van der Waals surface area contributed by atoms with Crippen molar-refractivity contribution in [3.63, 3.8) is 0 Å². The molecule has 0 bridgehead atoms. The lowest BCUT2D eigenvalue weighted by Gasteiger charge is -2.11. The topological polar surface area (TPSA) is 75.7 Å². The van der Waals surface area contributed by atoms with Gasteiger partial charge in [0.15, 0.2) is 0 Å². The van der Waals surface area contributed by atoms with Crippen molar-refractivity contribution in [1.29, 1.82) is 0 Å². The van der Waals surface area contributed by atoms with Crippen LogP contribution in [-0.2, 0) is 4.79 Å². The summed E-state index contributed by atoms with van der Waals surface area (Å²) in [6, 6.07) is 6.88. The quantitative estimate of drug-likeness (QED) is 0.778. The van der Waals surface area contributed by atoms with Gasteiger partial charge >= 0.3 is 5.97 Å². The minimum absolute atomic E-state index is 0.0345. The van der Waals surface area contributed by atoms with Crippen LogP contribution >= 0.6 is 0 Å². The third kappa shape index (κ3) is 1.89. The Balaban J connectivity index is 2.15. The molecule has 1 aliphatic rings. The van der Waals surface area contributed by atoms with Crippen LogP contribution in [0.2, 0.25) is 0 Å². The molecule has 1 aliphatic heterocycles. The molecule has 0 saturated heterocycles. The second kappa shape index (κ2) is 3.82. The van der Waals surface area contributed by atoms with Gasteiger partial charge in [-0.05, 0) is 18.1 Å². The molecular formula is C11H12N2O2. The molecule has 4 heteroatoms. The van der Waals surface area contributed by atoms with Crippen LogP contribution in [0.25, 0.3) is 0 Å². The fourth-order valence-electron chi connectivity index (χ4n) is 1.73. The van der Waals surface area contributed by atoms with Crippen molar-refractivity contribution >= 4 is 17.9 Å². The second-order valence-electron chi connectivity index (χ2n) is 3.62. The van der Waals surface area contributed by atoms with Crippen LogP contribution in [0.4, 0.5) is 5.69 Å². The highest BCUT2D eigenvalue weighted by molar-refractivity contribution is 5.82. The molecule has 0 aliphatic carbocycles. The van der Waals surface area contributed by atoms with Crippen molar-refractivity contribution in [1.82, 2.24) is 0 Å². The number of para-hydroxylation sites is 1. The molecule has 3 N–H and O–H groups in total. The normalized spacial score (nSPS) is 19.9. The fraction of sp³-hybridized carbons (Fsp3) is 0.273. The van der Waals surface area contributed by atoms with E-state index in [-0.39, 0.29) is 5.92 Å². The number of aliphatic imine (C=N–C) groups is 1. The van der Waals surface area contributed by atoms with E-state index in [1.54, 1.807) is 6.21 Å². The highest BCUT2D eigenvalue weighted by Crippen LogP contribution is 2.33. The molecule has 2 atom stereocenters. The third-order valence-electron chi connectivity index (χ3n) is 2.55. The minimum Gasteiger partial charge on any atom is -0.480 e. The molecule has 0 spiro atoms. The summed E-state index contributed by atoms with van der Waals surface area (Å²) in [4.78, 5) is 14.8. The number of rotatable bonds is 3. The molecule has 1 heterocycles. The Bertz CT molecular complexity index is 415. The first-order chi connectivity index (χ1) is 7.18. The average molecular weight is 204 g/mol. The minimum atomic E-state index is -0.965. The molecule has 0 radical (unpaired) electrons. The van der Waals surface area contributed by atoms with Crippen molar-refractivity contribution in [3.05, 3.63) is 29.8 Å². The van der Waals surface area contributed by atoms with Gasteiger partial charge in [-0.2, -0.15) is 0 Å². The van der Waals surface area contributed by atoms with Crippen molar-refractivity contribution in [2.24, 2.45) is 10.7 Å². The van der Waals surface area contributed by atoms with Crippen LogP contribution in [0, 0.1) is 0 Å². The van der Waals surface area contributed by atoms with E-state index in [0.29, 0.717) is 6.42 Å². The van der Waals surface area contributed by atoms with Crippen LogP contribution in [0.3, 0.4) is 0 Å². The van der Waals surface area contributed by atoms with Crippen LogP contribution < -0.4 is 5.73 Å². The maximum absolute atomic E-state index is 10.6. The number of aliphatic carboxylic acids is 1. The number of carboxylic acids is 1. The molecule has 4 nitrogen and oxygen atoms in total. The Hall–Kier alpha value is -1.68. The van der Waals surface area contributed by atoms with Gasteiger partial charge in [-0.25, -0.2) is 0 Å². The van der Waals surface area contributed by atoms with Gasteiger partial charge in [0.05, 0.1) is 5.69 Å². The van der Waals surface area contributed by atoms with Gasteiger partial charge in [0.1, 0.15) is 6.04 Å². The van der Waals surface area contributed by atoms with E-state index in [9.17, 15) is 4.79 Å². The van der Waals surface area contributed by atoms with Crippen molar-refractivity contribution in [2.45, 2.75) is 18.4 Å². The number of hydrogen-bond acceptors (Lipinski definition) is 3. The Morgan fingerprint density at radius 3 is 3.00 bits per heavy atom. The van der Waals surface area contributed by atoms with Crippen LogP contribution in [0.1, 0.15) is 17.9 Å². The lowest BCUT2D eigenvalue weighted by Crippen LogP contribution is -2.31. The summed E-state index contributed by atoms with van der Waals surface area (Å²) in [6.07, 6.45) is 2.17. The highest BCUT2D eigenvalue weighted by Gasteiger charge is 2.23. The van der Waals surface area contributed by atoms with Crippen molar-refractivity contribution in [3.8, 4) is 0 Å². The standard InChI is InChI=1S/C11H12N2O2/c12-9(11(14)15)5-7-6-13-10-4-2-1-3-8(7)10/h1-4,6-7,9H,5,12H2,(H,14,15)/t7-,9+/m1/s1. The van der Waals surface area contributed by atoms with Gasteiger partial charge in [-0.15, -0.1) is 0 Å². The van der Waals surface area contributed by atoms with Gasteiger partial charge < -0.3 is 10.8 Å². The predicted octanol–water partition coefficient (Wildman–Crippen LogP) is 1.29. The van der Waals surface area contributed by atoms with Gasteiger partial charge in [0.25, 0.3) is 0 Å². The zero-order valence-electron chi connectivity index (χ0n) is 8.13. The van der Waals surface area contributed by atoms with Crippen LogP contribution in [0.5, 0.6) is 0 Å². The summed E-state index contributed by atoms with van der Waals surface area (Å²) < 4.78 is 0. The van der Waals surface area contributed by atoms with E-state index in [4.69, 9.17) is 10.8 Å². The molecule has 0 amide bonds. The summed E-state index contributed by atoms with van der Waals surface area (Å²) in [5, 5.41) is 8.72. The first-order valence-corrected chi connectivity index (χ1v) is 4.80. The maximum atomic E-state index is 10.6. The van der Waals surface area contributed by atoms with E-state index >= 15 is 0 Å². The van der Waals surface area contributed by atoms with Gasteiger partial charge in [-0.1, -0.05) is 18.2 Å². The van der Waals surface area contributed by atoms with Gasteiger partial charge in [-0.3, -0.25) is 9.79 Å². The zero-order chi connectivity index (χ0) is 10.8. The van der Waals surface area contributed by atoms with Crippen LogP contribution in [-0.4, -0.2) is 23.3 Å². The van der Waals surface area contributed by atoms with E-state index in [1.165, 1.54) is 0 Å². The average Bonchev–Trinajstić information content (AvgIpc) is 2.62. The first-order valence-electron chi connectivity index (χ1n) is 4.80. The summed E-state index contributed by atoms with van der Waals surface area (Å²) in [5.74, 6) is -0.930. The molecule has 0 fully saturated rings. The molecule has 2 rings (SSSR count). The molecular weight excluding hydrogens is 192 g/mol. The lowest BCUT2D eigenvalue weighted by molar-refractivity contribution is -0.138. The van der Waals surface area contributed by atoms with Crippen LogP contribution in [0.15, 0.2) is 29.3 Å². The largest absolute Gasteiger partial charge is 0.480 e. The molecule has 0 unspecified atom stereocenters. The molecule has 15 heavy (non-hydrogen) atoms. The third-order valence-corrected chi connectivity index (χ3v) is 2.55. The summed E-state index contributed by atoms with van der Waals surface area (Å²) >= 11 is 0. The van der Waals surface area contributed by atoms with Gasteiger partial charge in [0.2, 0.25) is 0 Å². The number of carbonyl (C=O) groups is 1. The van der Waals surface area contributed by atoms with E-state index < -0.39 is 12.0 Å². The van der Waals surface area contributed by atoms with E-state index in [2.05, 4.69) is 4.99 Å². The van der Waals surface area contributed by atoms with Crippen molar-refractivity contribution in [2.75, 3.05) is 0 Å². The number of carboxylic acid groups (broad SMARTS) is 1. The highest BCUT2D eigenvalue weighted by atomic mass is 16.4. The lowest BCUT2D eigenvalue weighted by atomic mass is 9.94. The fourth-order valence-corrected chi connectivity index (χ4v) is 1.73. The summed E-state index contributed by atoms with van der Waals surface area (Å²) in [5.41, 5.74) is 7.47. The molecule has 78 valence electrons. The number of hydrogen-bond donors (Lipinski definition) is 2. The smallest absolute Gasteiger partial charge is 0.320 e. The van der Waals surface area contributed by atoms with Crippen molar-refractivity contribution < 1.29 is 9.90 Å². The second-order valence-corrected chi connectivity index (χ2v) is 3.62.